The van der Waals surface area contributed by atoms with Crippen LogP contribution in [0.3, 0.4) is 0 Å². The largest absolute Gasteiger partial charge is 0.375 e. The normalized spacial score (nSPS) is 24.9. The van der Waals surface area contributed by atoms with Gasteiger partial charge < -0.3 is 15.4 Å². The molecule has 1 aliphatic heterocycles. The van der Waals surface area contributed by atoms with Gasteiger partial charge in [-0.3, -0.25) is 4.79 Å². The summed E-state index contributed by atoms with van der Waals surface area (Å²) >= 11 is 0. The molecule has 1 amide bonds. The lowest BCUT2D eigenvalue weighted by molar-refractivity contribution is -0.120. The summed E-state index contributed by atoms with van der Waals surface area (Å²) in [5.41, 5.74) is -0.0584. The maximum Gasteiger partial charge on any atom is 0.233 e. The first-order valence-electron chi connectivity index (χ1n) is 5.67. The van der Waals surface area contributed by atoms with E-state index in [9.17, 15) is 4.79 Å². The molecule has 1 atom stereocenters. The summed E-state index contributed by atoms with van der Waals surface area (Å²) in [6, 6.07) is 0.399. The Morgan fingerprint density at radius 1 is 1.53 bits per heavy atom. The Hall–Kier alpha value is -0.610. The molecule has 15 heavy (non-hydrogen) atoms. The van der Waals surface area contributed by atoms with Gasteiger partial charge in [0.25, 0.3) is 0 Å². The van der Waals surface area contributed by atoms with Crippen molar-refractivity contribution in [3.8, 4) is 0 Å². The van der Waals surface area contributed by atoms with Crippen LogP contribution in [0.15, 0.2) is 0 Å². The number of carbonyl (C=O) groups is 1. The molecule has 0 aromatic rings. The highest BCUT2D eigenvalue weighted by atomic mass is 16.5. The van der Waals surface area contributed by atoms with Gasteiger partial charge in [0.05, 0.1) is 12.1 Å². The van der Waals surface area contributed by atoms with Gasteiger partial charge in [-0.1, -0.05) is 0 Å². The smallest absolute Gasteiger partial charge is 0.233 e. The highest BCUT2D eigenvalue weighted by molar-refractivity contribution is 5.77. The van der Waals surface area contributed by atoms with Gasteiger partial charge in [-0.25, -0.2) is 0 Å². The van der Waals surface area contributed by atoms with Crippen molar-refractivity contribution in [2.24, 2.45) is 0 Å². The fourth-order valence-electron chi connectivity index (χ4n) is 1.90. The van der Waals surface area contributed by atoms with Crippen LogP contribution in [0.5, 0.6) is 0 Å². The maximum absolute atomic E-state index is 11.2. The highest BCUT2D eigenvalue weighted by Crippen LogP contribution is 2.23. The molecule has 0 bridgehead atoms. The molecule has 0 aromatic carbocycles. The zero-order valence-corrected chi connectivity index (χ0v) is 9.93. The molecule has 0 saturated carbocycles. The fraction of sp³-hybridized carbons (Fsp3) is 0.909. The summed E-state index contributed by atoms with van der Waals surface area (Å²) in [6.07, 6.45) is 1.95. The molecule has 0 aromatic heterocycles. The zero-order chi connectivity index (χ0) is 11.3. The summed E-state index contributed by atoms with van der Waals surface area (Å²) < 4.78 is 5.61. The number of ether oxygens (including phenoxy) is 1. The zero-order valence-electron chi connectivity index (χ0n) is 9.93. The van der Waals surface area contributed by atoms with Crippen LogP contribution in [0, 0.1) is 0 Å². The van der Waals surface area contributed by atoms with Crippen molar-refractivity contribution in [2.45, 2.75) is 45.3 Å². The third kappa shape index (κ3) is 4.62. The number of hydrogen-bond acceptors (Lipinski definition) is 3. The number of carbonyl (C=O) groups excluding carboxylic acids is 1. The average molecular weight is 214 g/mol. The molecular weight excluding hydrogens is 192 g/mol. The quantitative estimate of drug-likeness (QED) is 0.723. The second-order valence-electron chi connectivity index (χ2n) is 4.63. The molecule has 1 saturated heterocycles. The Kier molecular flexibility index (Phi) is 4.54. The lowest BCUT2D eigenvalue weighted by Gasteiger charge is -2.35. The molecule has 1 rings (SSSR count). The number of hydrogen-bond donors (Lipinski definition) is 2. The van der Waals surface area contributed by atoms with Gasteiger partial charge in [-0.2, -0.15) is 0 Å². The number of likely N-dealkylation sites (N-methyl/N-ethyl adjacent to an activating group) is 1. The van der Waals surface area contributed by atoms with Crippen LogP contribution in [-0.4, -0.2) is 37.2 Å². The minimum atomic E-state index is -0.0584. The molecule has 88 valence electrons. The average Bonchev–Trinajstić information content (AvgIpc) is 2.14. The van der Waals surface area contributed by atoms with E-state index >= 15 is 0 Å². The predicted molar refractivity (Wildman–Crippen MR) is 59.7 cm³/mol. The molecule has 2 N–H and O–H groups in total. The van der Waals surface area contributed by atoms with Gasteiger partial charge in [0, 0.05) is 19.2 Å². The third-order valence-electron chi connectivity index (χ3n) is 2.62. The molecular formula is C11H22N2O2. The van der Waals surface area contributed by atoms with Crippen LogP contribution < -0.4 is 10.6 Å². The van der Waals surface area contributed by atoms with Gasteiger partial charge >= 0.3 is 0 Å². The van der Waals surface area contributed by atoms with E-state index in [-0.39, 0.29) is 11.5 Å². The van der Waals surface area contributed by atoms with Crippen molar-refractivity contribution in [3.63, 3.8) is 0 Å². The van der Waals surface area contributed by atoms with Crippen molar-refractivity contribution < 1.29 is 9.53 Å². The number of rotatable bonds is 4. The van der Waals surface area contributed by atoms with Crippen LogP contribution in [0.25, 0.3) is 0 Å². The summed E-state index contributed by atoms with van der Waals surface area (Å²) in [5.74, 6) is 0.0711. The fourth-order valence-corrected chi connectivity index (χ4v) is 1.90. The van der Waals surface area contributed by atoms with Crippen molar-refractivity contribution in [1.29, 1.82) is 0 Å². The molecule has 1 fully saturated rings. The van der Waals surface area contributed by atoms with E-state index in [2.05, 4.69) is 24.5 Å². The van der Waals surface area contributed by atoms with Gasteiger partial charge in [0.1, 0.15) is 0 Å². The van der Waals surface area contributed by atoms with E-state index in [0.29, 0.717) is 19.1 Å². The number of amides is 1. The highest BCUT2D eigenvalue weighted by Gasteiger charge is 2.28. The predicted octanol–water partition coefficient (Wildman–Crippen LogP) is 0.670. The molecule has 1 heterocycles. The Morgan fingerprint density at radius 2 is 2.27 bits per heavy atom. The van der Waals surface area contributed by atoms with E-state index in [4.69, 9.17) is 4.74 Å². The van der Waals surface area contributed by atoms with Crippen molar-refractivity contribution in [3.05, 3.63) is 0 Å². The Bertz CT molecular complexity index is 217. The standard InChI is InChI=1S/C11H22N2O2/c1-4-12-10(14)8-13-9-5-6-15-11(2,3)7-9/h9,13H,4-8H2,1-3H3,(H,12,14). The minimum absolute atomic E-state index is 0.0584. The molecule has 4 nitrogen and oxygen atoms in total. The molecule has 0 spiro atoms. The van der Waals surface area contributed by atoms with Crippen LogP contribution in [0.4, 0.5) is 0 Å². The lowest BCUT2D eigenvalue weighted by Crippen LogP contribution is -2.46. The first-order valence-corrected chi connectivity index (χ1v) is 5.67. The van der Waals surface area contributed by atoms with Crippen molar-refractivity contribution in [1.82, 2.24) is 10.6 Å². The van der Waals surface area contributed by atoms with Gasteiger partial charge in [0.15, 0.2) is 0 Å². The van der Waals surface area contributed by atoms with Crippen molar-refractivity contribution in [2.75, 3.05) is 19.7 Å². The first kappa shape index (κ1) is 12.5. The van der Waals surface area contributed by atoms with E-state index in [0.717, 1.165) is 19.4 Å². The summed E-state index contributed by atoms with van der Waals surface area (Å²) in [5, 5.41) is 6.04. The van der Waals surface area contributed by atoms with Gasteiger partial charge in [-0.15, -0.1) is 0 Å². The molecule has 1 unspecified atom stereocenters. The molecule has 0 radical (unpaired) electrons. The van der Waals surface area contributed by atoms with Crippen LogP contribution in [0.1, 0.15) is 33.6 Å². The van der Waals surface area contributed by atoms with Crippen molar-refractivity contribution >= 4 is 5.91 Å². The summed E-state index contributed by atoms with van der Waals surface area (Å²) in [6.45, 7) is 7.99. The third-order valence-corrected chi connectivity index (χ3v) is 2.62. The van der Waals surface area contributed by atoms with Gasteiger partial charge in [0.2, 0.25) is 5.91 Å². The van der Waals surface area contributed by atoms with E-state index in [1.165, 1.54) is 0 Å². The number of nitrogens with one attached hydrogen (secondary N) is 2. The Morgan fingerprint density at radius 3 is 2.87 bits per heavy atom. The lowest BCUT2D eigenvalue weighted by atomic mass is 9.94. The maximum atomic E-state index is 11.2. The molecule has 1 aliphatic rings. The summed E-state index contributed by atoms with van der Waals surface area (Å²) in [4.78, 5) is 11.2. The Labute approximate surface area is 91.8 Å². The second kappa shape index (κ2) is 5.47. The molecule has 4 heteroatoms. The van der Waals surface area contributed by atoms with Gasteiger partial charge in [-0.05, 0) is 33.6 Å². The van der Waals surface area contributed by atoms with Crippen LogP contribution >= 0.6 is 0 Å². The topological polar surface area (TPSA) is 50.4 Å². The summed E-state index contributed by atoms with van der Waals surface area (Å²) in [7, 11) is 0. The SMILES string of the molecule is CCNC(=O)CNC1CCOC(C)(C)C1. The van der Waals surface area contributed by atoms with E-state index < -0.39 is 0 Å². The minimum Gasteiger partial charge on any atom is -0.375 e. The van der Waals surface area contributed by atoms with Crippen LogP contribution in [0.2, 0.25) is 0 Å². The van der Waals surface area contributed by atoms with E-state index in [1.54, 1.807) is 0 Å². The molecule has 0 aliphatic carbocycles. The second-order valence-corrected chi connectivity index (χ2v) is 4.63. The van der Waals surface area contributed by atoms with E-state index in [1.807, 2.05) is 6.92 Å². The Balaban J connectivity index is 2.24. The monoisotopic (exact) mass is 214 g/mol. The van der Waals surface area contributed by atoms with Crippen LogP contribution in [-0.2, 0) is 9.53 Å². The first-order chi connectivity index (χ1) is 7.03.